The molecule has 0 saturated carbocycles. The van der Waals surface area contributed by atoms with Crippen LogP contribution in [0.2, 0.25) is 0 Å². The zero-order chi connectivity index (χ0) is 21.1. The van der Waals surface area contributed by atoms with Crippen LogP contribution in [0.25, 0.3) is 0 Å². The van der Waals surface area contributed by atoms with Crippen molar-refractivity contribution in [1.29, 1.82) is 0 Å². The minimum Gasteiger partial charge on any atom is -0.492 e. The average molecular weight is 427 g/mol. The highest BCUT2D eigenvalue weighted by molar-refractivity contribution is 7.71. The summed E-state index contributed by atoms with van der Waals surface area (Å²) in [7, 11) is 3.93. The summed E-state index contributed by atoms with van der Waals surface area (Å²) in [4.78, 5) is 2.12. The van der Waals surface area contributed by atoms with Crippen molar-refractivity contribution in [2.45, 2.75) is 19.7 Å². The van der Waals surface area contributed by atoms with Crippen LogP contribution in [0.5, 0.6) is 17.2 Å². The van der Waals surface area contributed by atoms with Crippen LogP contribution in [0.15, 0.2) is 48.5 Å². The highest BCUT2D eigenvalue weighted by atomic mass is 32.1. The van der Waals surface area contributed by atoms with Crippen LogP contribution < -0.4 is 14.2 Å². The van der Waals surface area contributed by atoms with Crippen LogP contribution in [0.3, 0.4) is 0 Å². The van der Waals surface area contributed by atoms with Gasteiger partial charge in [0.25, 0.3) is 0 Å². The first-order chi connectivity index (χ1) is 14.5. The molecule has 0 N–H and O–H groups in total. The number of rotatable bonds is 7. The fourth-order valence-corrected chi connectivity index (χ4v) is 3.54. The van der Waals surface area contributed by atoms with Gasteiger partial charge in [0.2, 0.25) is 0 Å². The van der Waals surface area contributed by atoms with Gasteiger partial charge in [-0.25, -0.2) is 4.68 Å². The van der Waals surface area contributed by atoms with E-state index in [0.717, 1.165) is 29.6 Å². The van der Waals surface area contributed by atoms with Crippen LogP contribution in [0.1, 0.15) is 17.5 Å². The molecule has 3 aromatic rings. The number of para-hydroxylation sites is 2. The predicted molar refractivity (Wildman–Crippen MR) is 117 cm³/mol. The molecule has 2 heterocycles. The number of aromatic nitrogens is 3. The van der Waals surface area contributed by atoms with Gasteiger partial charge in [-0.15, -0.1) is 0 Å². The Morgan fingerprint density at radius 1 is 1.20 bits per heavy atom. The number of fused-ring (bicyclic) bond motifs is 1. The molecule has 0 spiro atoms. The van der Waals surface area contributed by atoms with Crippen molar-refractivity contribution in [3.8, 4) is 17.2 Å². The first kappa shape index (κ1) is 20.4. The topological polar surface area (TPSA) is 53.7 Å². The minimum absolute atomic E-state index is 0.303. The molecule has 0 fully saturated rings. The first-order valence-electron chi connectivity index (χ1n) is 9.91. The maximum absolute atomic E-state index is 6.09. The molecule has 158 valence electrons. The van der Waals surface area contributed by atoms with E-state index in [1.54, 1.807) is 4.68 Å². The molecule has 30 heavy (non-hydrogen) atoms. The zero-order valence-corrected chi connectivity index (χ0v) is 18.3. The van der Waals surface area contributed by atoms with Gasteiger partial charge in [0.05, 0.1) is 6.67 Å². The van der Waals surface area contributed by atoms with Gasteiger partial charge in [-0.2, -0.15) is 5.10 Å². The number of hydrogen-bond donors (Lipinski definition) is 0. The lowest BCUT2D eigenvalue weighted by atomic mass is 10.2. The molecule has 4 rings (SSSR count). The van der Waals surface area contributed by atoms with Crippen LogP contribution in [0.4, 0.5) is 0 Å². The molecule has 1 atom stereocenters. The quantitative estimate of drug-likeness (QED) is 0.537. The number of benzene rings is 2. The molecule has 1 unspecified atom stereocenters. The van der Waals surface area contributed by atoms with Crippen molar-refractivity contribution >= 4 is 12.2 Å². The van der Waals surface area contributed by atoms with Gasteiger partial charge in [-0.3, -0.25) is 4.90 Å². The molecular formula is C22H26N4O3S. The lowest BCUT2D eigenvalue weighted by Gasteiger charge is -2.25. The van der Waals surface area contributed by atoms with Gasteiger partial charge >= 0.3 is 0 Å². The number of hydrogen-bond acceptors (Lipinski definition) is 6. The van der Waals surface area contributed by atoms with Crippen molar-refractivity contribution in [1.82, 2.24) is 19.2 Å². The van der Waals surface area contributed by atoms with Crippen molar-refractivity contribution in [2.24, 2.45) is 7.05 Å². The van der Waals surface area contributed by atoms with E-state index in [-0.39, 0.29) is 6.10 Å². The fourth-order valence-electron chi connectivity index (χ4n) is 3.35. The normalized spacial score (nSPS) is 15.4. The maximum Gasteiger partial charge on any atom is 0.198 e. The smallest absolute Gasteiger partial charge is 0.198 e. The zero-order valence-electron chi connectivity index (χ0n) is 17.4. The maximum atomic E-state index is 6.09. The Bertz CT molecular complexity index is 1080. The fraction of sp³-hybridized carbons (Fsp3) is 0.364. The van der Waals surface area contributed by atoms with Crippen molar-refractivity contribution in [2.75, 3.05) is 26.8 Å². The summed E-state index contributed by atoms with van der Waals surface area (Å²) in [6.45, 7) is 4.35. The number of nitrogens with zero attached hydrogens (tertiary/aromatic N) is 4. The van der Waals surface area contributed by atoms with E-state index in [2.05, 4.69) is 17.9 Å². The van der Waals surface area contributed by atoms with E-state index >= 15 is 0 Å². The first-order valence-corrected chi connectivity index (χ1v) is 10.3. The molecule has 0 radical (unpaired) electrons. The Hall–Kier alpha value is -2.84. The molecule has 0 bridgehead atoms. The van der Waals surface area contributed by atoms with Crippen LogP contribution in [-0.4, -0.2) is 46.1 Å². The van der Waals surface area contributed by atoms with E-state index in [4.69, 9.17) is 31.5 Å². The van der Waals surface area contributed by atoms with Gasteiger partial charge < -0.3 is 18.8 Å². The summed E-state index contributed by atoms with van der Waals surface area (Å²) in [6.07, 6.45) is -0.303. The molecule has 0 amide bonds. The predicted octanol–water partition coefficient (Wildman–Crippen LogP) is 3.74. The molecule has 0 aliphatic carbocycles. The van der Waals surface area contributed by atoms with E-state index in [9.17, 15) is 0 Å². The molecule has 1 aromatic heterocycles. The second-order valence-electron chi connectivity index (χ2n) is 7.45. The average Bonchev–Trinajstić information content (AvgIpc) is 3.02. The van der Waals surface area contributed by atoms with E-state index in [0.29, 0.717) is 24.7 Å². The second-order valence-corrected chi connectivity index (χ2v) is 7.81. The Balaban J connectivity index is 1.38. The Morgan fingerprint density at radius 3 is 2.80 bits per heavy atom. The summed E-state index contributed by atoms with van der Waals surface area (Å²) in [5, 5.41) is 4.71. The van der Waals surface area contributed by atoms with Crippen molar-refractivity contribution in [3.63, 3.8) is 0 Å². The second kappa shape index (κ2) is 8.89. The van der Waals surface area contributed by atoms with Gasteiger partial charge in [0.15, 0.2) is 28.2 Å². The van der Waals surface area contributed by atoms with Gasteiger partial charge in [-0.1, -0.05) is 24.3 Å². The Kier molecular flexibility index (Phi) is 6.06. The van der Waals surface area contributed by atoms with Gasteiger partial charge in [0.1, 0.15) is 19.0 Å². The van der Waals surface area contributed by atoms with Crippen LogP contribution in [0, 0.1) is 11.7 Å². The van der Waals surface area contributed by atoms with E-state index in [1.807, 2.05) is 61.1 Å². The summed E-state index contributed by atoms with van der Waals surface area (Å²) >= 11 is 5.59. The Morgan fingerprint density at radius 2 is 2.00 bits per heavy atom. The largest absolute Gasteiger partial charge is 0.492 e. The lowest BCUT2D eigenvalue weighted by Crippen LogP contribution is -2.28. The van der Waals surface area contributed by atoms with Crippen molar-refractivity contribution < 1.29 is 14.2 Å². The summed E-state index contributed by atoms with van der Waals surface area (Å²) in [5.74, 6) is 3.11. The highest BCUT2D eigenvalue weighted by Gasteiger charge is 2.27. The molecule has 7 nitrogen and oxygen atoms in total. The Labute approximate surface area is 181 Å². The van der Waals surface area contributed by atoms with Crippen LogP contribution >= 0.6 is 12.2 Å². The van der Waals surface area contributed by atoms with E-state index in [1.165, 1.54) is 5.56 Å². The third-order valence-corrected chi connectivity index (χ3v) is 5.46. The third kappa shape index (κ3) is 4.49. The number of likely N-dealkylation sites (N-methyl/N-ethyl adjacent to an activating group) is 1. The highest BCUT2D eigenvalue weighted by Crippen LogP contribution is 2.35. The molecule has 2 aromatic carbocycles. The van der Waals surface area contributed by atoms with Gasteiger partial charge in [-0.05, 0) is 56.0 Å². The van der Waals surface area contributed by atoms with Gasteiger partial charge in [0, 0.05) is 13.6 Å². The lowest BCUT2D eigenvalue weighted by molar-refractivity contribution is 0.0821. The summed E-state index contributed by atoms with van der Waals surface area (Å²) in [6, 6.07) is 15.7. The SMILES string of the molecule is Cc1cccc(OCCN(C)Cn2nc(C3COc4ccccc4O3)n(C)c2=S)c1. The van der Waals surface area contributed by atoms with E-state index < -0.39 is 0 Å². The molecule has 1 aliphatic heterocycles. The molecule has 8 heteroatoms. The monoisotopic (exact) mass is 426 g/mol. The number of aryl methyl sites for hydroxylation is 1. The minimum atomic E-state index is -0.303. The standard InChI is InChI=1S/C22H26N4O3S/c1-16-7-6-8-17(13-16)27-12-11-24(2)15-26-22(30)25(3)21(23-26)20-14-28-18-9-4-5-10-19(18)29-20/h4-10,13,20H,11-12,14-15H2,1-3H3. The third-order valence-electron chi connectivity index (χ3n) is 4.98. The summed E-state index contributed by atoms with van der Waals surface area (Å²) in [5.41, 5.74) is 1.18. The molecule has 1 aliphatic rings. The summed E-state index contributed by atoms with van der Waals surface area (Å²) < 4.78 is 22.1. The van der Waals surface area contributed by atoms with Crippen LogP contribution in [-0.2, 0) is 13.7 Å². The van der Waals surface area contributed by atoms with Crippen molar-refractivity contribution in [3.05, 3.63) is 64.7 Å². The molecular weight excluding hydrogens is 400 g/mol. The number of ether oxygens (including phenoxy) is 3. The molecule has 0 saturated heterocycles.